The van der Waals surface area contributed by atoms with Crippen LogP contribution in [0.25, 0.3) is 0 Å². The second-order valence-corrected chi connectivity index (χ2v) is 10.5. The summed E-state index contributed by atoms with van der Waals surface area (Å²) in [5.74, 6) is -1.44. The lowest BCUT2D eigenvalue weighted by molar-refractivity contribution is -0.129. The lowest BCUT2D eigenvalue weighted by Gasteiger charge is -2.24. The van der Waals surface area contributed by atoms with E-state index < -0.39 is 33.8 Å². The Hall–Kier alpha value is -2.63. The second-order valence-electron chi connectivity index (χ2n) is 7.88. The zero-order chi connectivity index (χ0) is 23.3. The Bertz CT molecular complexity index is 1060. The van der Waals surface area contributed by atoms with Gasteiger partial charge in [-0.25, -0.2) is 13.4 Å². The third-order valence-electron chi connectivity index (χ3n) is 5.20. The first-order chi connectivity index (χ1) is 15.2. The van der Waals surface area contributed by atoms with Crippen molar-refractivity contribution in [3.8, 4) is 0 Å². The Morgan fingerprint density at radius 1 is 1.25 bits per heavy atom. The first kappa shape index (κ1) is 24.0. The third-order valence-corrected chi connectivity index (χ3v) is 7.64. The number of nitrogens with zero attached hydrogens (tertiary/aromatic N) is 2. The molecule has 1 saturated heterocycles. The monoisotopic (exact) mass is 478 g/mol. The molecule has 32 heavy (non-hydrogen) atoms. The molecular weight excluding hydrogens is 452 g/mol. The van der Waals surface area contributed by atoms with Crippen molar-refractivity contribution in [1.82, 2.24) is 19.9 Å². The summed E-state index contributed by atoms with van der Waals surface area (Å²) in [6.07, 6.45) is 2.09. The van der Waals surface area contributed by atoms with E-state index in [1.165, 1.54) is 23.6 Å². The van der Waals surface area contributed by atoms with Crippen molar-refractivity contribution in [2.75, 3.05) is 13.1 Å². The standard InChI is InChI=1S/C21H26N4O5S2/c1-14(2)19(24-20(27)15-8-11-31-13-15)21(28)23-16-6-5-10-25(12-17(16)26)32(29,30)18-7-3-4-9-22-18/h3-4,7-9,11,13-14,16,19H,5-6,10,12H2,1-2H3,(H,23,28)(H,24,27). The van der Waals surface area contributed by atoms with Gasteiger partial charge in [-0.15, -0.1) is 0 Å². The van der Waals surface area contributed by atoms with Gasteiger partial charge in [0, 0.05) is 18.1 Å². The summed E-state index contributed by atoms with van der Waals surface area (Å²) >= 11 is 1.38. The van der Waals surface area contributed by atoms with Gasteiger partial charge in [-0.3, -0.25) is 14.4 Å². The molecule has 0 saturated carbocycles. The Labute approximate surface area is 191 Å². The van der Waals surface area contributed by atoms with E-state index in [1.54, 1.807) is 42.8 Å². The number of pyridine rings is 1. The molecule has 3 rings (SSSR count). The first-order valence-corrected chi connectivity index (χ1v) is 12.7. The lowest BCUT2D eigenvalue weighted by atomic mass is 10.0. The largest absolute Gasteiger partial charge is 0.344 e. The van der Waals surface area contributed by atoms with Gasteiger partial charge >= 0.3 is 0 Å². The summed E-state index contributed by atoms with van der Waals surface area (Å²) in [5.41, 5.74) is 0.467. The van der Waals surface area contributed by atoms with Crippen LogP contribution in [-0.2, 0) is 19.6 Å². The Morgan fingerprint density at radius 2 is 2.03 bits per heavy atom. The Balaban J connectivity index is 1.67. The minimum Gasteiger partial charge on any atom is -0.344 e. The number of carbonyl (C=O) groups excluding carboxylic acids is 3. The summed E-state index contributed by atoms with van der Waals surface area (Å²) in [5, 5.41) is 8.78. The van der Waals surface area contributed by atoms with E-state index in [0.717, 1.165) is 4.31 Å². The van der Waals surface area contributed by atoms with Gasteiger partial charge in [0.15, 0.2) is 10.8 Å². The SMILES string of the molecule is CC(C)C(NC(=O)c1ccsc1)C(=O)NC1CCCN(S(=O)(=O)c2ccccn2)CC1=O. The van der Waals surface area contributed by atoms with Gasteiger partial charge < -0.3 is 10.6 Å². The maximum absolute atomic E-state index is 12.9. The zero-order valence-corrected chi connectivity index (χ0v) is 19.5. The van der Waals surface area contributed by atoms with Gasteiger partial charge in [-0.2, -0.15) is 15.6 Å². The molecule has 2 atom stereocenters. The third kappa shape index (κ3) is 5.59. The number of Topliss-reactive ketones (excluding diaryl/α,β-unsaturated/α-hetero) is 1. The molecule has 172 valence electrons. The number of thiophene rings is 1. The van der Waals surface area contributed by atoms with Crippen molar-refractivity contribution in [2.45, 2.75) is 43.8 Å². The predicted molar refractivity (Wildman–Crippen MR) is 120 cm³/mol. The molecular formula is C21H26N4O5S2. The molecule has 2 N–H and O–H groups in total. The van der Waals surface area contributed by atoms with Crippen LogP contribution in [-0.4, -0.2) is 60.5 Å². The van der Waals surface area contributed by atoms with Crippen molar-refractivity contribution in [1.29, 1.82) is 0 Å². The number of aromatic nitrogens is 1. The maximum Gasteiger partial charge on any atom is 0.260 e. The second kappa shape index (κ2) is 10.3. The fourth-order valence-electron chi connectivity index (χ4n) is 3.40. The zero-order valence-electron chi connectivity index (χ0n) is 17.9. The molecule has 2 unspecified atom stereocenters. The highest BCUT2D eigenvalue weighted by atomic mass is 32.2. The Kier molecular flexibility index (Phi) is 7.75. The quantitative estimate of drug-likeness (QED) is 0.620. The van der Waals surface area contributed by atoms with E-state index in [4.69, 9.17) is 0 Å². The summed E-state index contributed by atoms with van der Waals surface area (Å²) in [6, 6.07) is 4.57. The van der Waals surface area contributed by atoms with E-state index in [2.05, 4.69) is 15.6 Å². The van der Waals surface area contributed by atoms with Gasteiger partial charge in [-0.05, 0) is 42.3 Å². The molecule has 1 aliphatic rings. The van der Waals surface area contributed by atoms with Gasteiger partial charge in [0.25, 0.3) is 15.9 Å². The normalized spacial score (nSPS) is 18.7. The number of hydrogen-bond donors (Lipinski definition) is 2. The number of rotatable bonds is 7. The van der Waals surface area contributed by atoms with Crippen LogP contribution in [0.3, 0.4) is 0 Å². The summed E-state index contributed by atoms with van der Waals surface area (Å²) in [7, 11) is -3.91. The molecule has 0 bridgehead atoms. The average Bonchev–Trinajstić information content (AvgIpc) is 3.24. The molecule has 2 aromatic rings. The number of ketones is 1. The van der Waals surface area contributed by atoms with Crippen LogP contribution in [0.4, 0.5) is 0 Å². The van der Waals surface area contributed by atoms with Crippen LogP contribution in [0, 0.1) is 5.92 Å². The van der Waals surface area contributed by atoms with Crippen molar-refractivity contribution in [2.24, 2.45) is 5.92 Å². The highest BCUT2D eigenvalue weighted by molar-refractivity contribution is 7.89. The van der Waals surface area contributed by atoms with E-state index in [-0.39, 0.29) is 29.9 Å². The van der Waals surface area contributed by atoms with Gasteiger partial charge in [-0.1, -0.05) is 19.9 Å². The van der Waals surface area contributed by atoms with Gasteiger partial charge in [0.2, 0.25) is 5.91 Å². The molecule has 1 aliphatic heterocycles. The minimum atomic E-state index is -3.91. The van der Waals surface area contributed by atoms with Gasteiger partial charge in [0.1, 0.15) is 6.04 Å². The van der Waals surface area contributed by atoms with E-state index >= 15 is 0 Å². The van der Waals surface area contributed by atoms with Crippen LogP contribution in [0.1, 0.15) is 37.0 Å². The molecule has 0 spiro atoms. The highest BCUT2D eigenvalue weighted by Crippen LogP contribution is 2.18. The fourth-order valence-corrected chi connectivity index (χ4v) is 5.41. The van der Waals surface area contributed by atoms with Crippen LogP contribution < -0.4 is 10.6 Å². The van der Waals surface area contributed by atoms with Crippen molar-refractivity contribution in [3.05, 3.63) is 46.8 Å². The van der Waals surface area contributed by atoms with E-state index in [1.807, 2.05) is 0 Å². The molecule has 0 aromatic carbocycles. The van der Waals surface area contributed by atoms with Crippen LogP contribution in [0.5, 0.6) is 0 Å². The molecule has 1 fully saturated rings. The molecule has 2 aromatic heterocycles. The topological polar surface area (TPSA) is 126 Å². The van der Waals surface area contributed by atoms with Crippen molar-refractivity contribution in [3.63, 3.8) is 0 Å². The average molecular weight is 479 g/mol. The van der Waals surface area contributed by atoms with Gasteiger partial charge in [0.05, 0.1) is 18.2 Å². The smallest absolute Gasteiger partial charge is 0.260 e. The maximum atomic E-state index is 12.9. The summed E-state index contributed by atoms with van der Waals surface area (Å²) in [4.78, 5) is 42.0. The number of hydrogen-bond acceptors (Lipinski definition) is 7. The predicted octanol–water partition coefficient (Wildman–Crippen LogP) is 1.44. The van der Waals surface area contributed by atoms with Crippen LogP contribution in [0.15, 0.2) is 46.2 Å². The summed E-state index contributed by atoms with van der Waals surface area (Å²) < 4.78 is 26.7. The van der Waals surface area contributed by atoms with E-state index in [0.29, 0.717) is 18.4 Å². The molecule has 3 heterocycles. The highest BCUT2D eigenvalue weighted by Gasteiger charge is 2.35. The first-order valence-electron chi connectivity index (χ1n) is 10.3. The number of sulfonamides is 1. The van der Waals surface area contributed by atoms with Crippen LogP contribution in [0.2, 0.25) is 0 Å². The van der Waals surface area contributed by atoms with Crippen LogP contribution >= 0.6 is 11.3 Å². The molecule has 11 heteroatoms. The Morgan fingerprint density at radius 3 is 2.66 bits per heavy atom. The lowest BCUT2D eigenvalue weighted by Crippen LogP contribution is -2.54. The molecule has 9 nitrogen and oxygen atoms in total. The number of amides is 2. The molecule has 0 aliphatic carbocycles. The molecule has 0 radical (unpaired) electrons. The summed E-state index contributed by atoms with van der Waals surface area (Å²) in [6.45, 7) is 3.40. The number of carbonyl (C=O) groups is 3. The van der Waals surface area contributed by atoms with Crippen molar-refractivity contribution < 1.29 is 22.8 Å². The minimum absolute atomic E-state index is 0.119. The number of nitrogens with one attached hydrogen (secondary N) is 2. The van der Waals surface area contributed by atoms with Crippen molar-refractivity contribution >= 4 is 39.0 Å². The fraction of sp³-hybridized carbons (Fsp3) is 0.429. The van der Waals surface area contributed by atoms with E-state index in [9.17, 15) is 22.8 Å². The molecule has 2 amide bonds.